The summed E-state index contributed by atoms with van der Waals surface area (Å²) in [6.45, 7) is 3.83. The molecule has 1 aliphatic heterocycles. The predicted molar refractivity (Wildman–Crippen MR) is 131 cm³/mol. The zero-order chi connectivity index (χ0) is 23.8. The third kappa shape index (κ3) is 6.66. The number of thioether (sulfide) groups is 1. The fourth-order valence-corrected chi connectivity index (χ4v) is 4.33. The van der Waals surface area contributed by atoms with Crippen molar-refractivity contribution in [3.63, 3.8) is 0 Å². The minimum Gasteiger partial charge on any atom is -0.379 e. The van der Waals surface area contributed by atoms with E-state index >= 15 is 0 Å². The first-order chi connectivity index (χ1) is 16.6. The van der Waals surface area contributed by atoms with Crippen molar-refractivity contribution in [3.8, 4) is 0 Å². The molecule has 0 unspecified atom stereocenters. The van der Waals surface area contributed by atoms with Crippen molar-refractivity contribution in [3.05, 3.63) is 72.1 Å². The molecular formula is C24H28N6O3S. The van der Waals surface area contributed by atoms with E-state index in [1.807, 2.05) is 37.4 Å². The summed E-state index contributed by atoms with van der Waals surface area (Å²) in [6.07, 6.45) is 1.59. The standard InChI is InChI=1S/C24H28N6O3S/c1-29-17-25-28-24(29)34-16-22(31)26-20-9-7-19(8-10-20)23(32)27-21(18-5-3-2-4-6-18)15-30-11-13-33-14-12-30/h2-10,17,21H,11-16H2,1H3,(H,26,31)(H,27,32)/t21-/m0/s1. The van der Waals surface area contributed by atoms with Gasteiger partial charge in [-0.1, -0.05) is 42.1 Å². The van der Waals surface area contributed by atoms with Gasteiger partial charge in [0.05, 0.1) is 25.0 Å². The Morgan fingerprint density at radius 3 is 2.50 bits per heavy atom. The third-order valence-electron chi connectivity index (χ3n) is 5.48. The van der Waals surface area contributed by atoms with E-state index in [2.05, 4.69) is 25.7 Å². The van der Waals surface area contributed by atoms with E-state index in [-0.39, 0.29) is 23.6 Å². The lowest BCUT2D eigenvalue weighted by molar-refractivity contribution is -0.113. The number of ether oxygens (including phenoxy) is 1. The highest BCUT2D eigenvalue weighted by atomic mass is 32.2. The highest BCUT2D eigenvalue weighted by Crippen LogP contribution is 2.18. The van der Waals surface area contributed by atoms with E-state index in [1.165, 1.54) is 11.8 Å². The van der Waals surface area contributed by atoms with Crippen molar-refractivity contribution in [2.75, 3.05) is 43.9 Å². The molecule has 2 aromatic carbocycles. The van der Waals surface area contributed by atoms with Crippen LogP contribution in [0.2, 0.25) is 0 Å². The lowest BCUT2D eigenvalue weighted by atomic mass is 10.1. The lowest BCUT2D eigenvalue weighted by Crippen LogP contribution is -2.43. The van der Waals surface area contributed by atoms with Crippen molar-refractivity contribution in [1.82, 2.24) is 25.0 Å². The van der Waals surface area contributed by atoms with Gasteiger partial charge in [-0.2, -0.15) is 0 Å². The molecule has 0 radical (unpaired) electrons. The summed E-state index contributed by atoms with van der Waals surface area (Å²) in [5.41, 5.74) is 2.23. The fourth-order valence-electron chi connectivity index (χ4n) is 3.64. The summed E-state index contributed by atoms with van der Waals surface area (Å²) in [4.78, 5) is 27.6. The molecule has 0 spiro atoms. The molecule has 0 saturated carbocycles. The quantitative estimate of drug-likeness (QED) is 0.454. The number of carbonyl (C=O) groups is 2. The number of anilines is 1. The first-order valence-electron chi connectivity index (χ1n) is 11.1. The first kappa shape index (κ1) is 23.9. The molecular weight excluding hydrogens is 452 g/mol. The highest BCUT2D eigenvalue weighted by molar-refractivity contribution is 7.99. The number of nitrogens with zero attached hydrogens (tertiary/aromatic N) is 4. The molecule has 178 valence electrons. The van der Waals surface area contributed by atoms with Gasteiger partial charge in [0.1, 0.15) is 6.33 Å². The van der Waals surface area contributed by atoms with Gasteiger partial charge in [-0.25, -0.2) is 0 Å². The number of hydrogen-bond acceptors (Lipinski definition) is 7. The maximum absolute atomic E-state index is 13.0. The summed E-state index contributed by atoms with van der Waals surface area (Å²) in [5.74, 6) is -0.0904. The lowest BCUT2D eigenvalue weighted by Gasteiger charge is -2.31. The van der Waals surface area contributed by atoms with Crippen LogP contribution >= 0.6 is 11.8 Å². The van der Waals surface area contributed by atoms with Crippen LogP contribution in [0, 0.1) is 0 Å². The molecule has 9 nitrogen and oxygen atoms in total. The molecule has 34 heavy (non-hydrogen) atoms. The molecule has 1 fully saturated rings. The second-order valence-electron chi connectivity index (χ2n) is 7.99. The summed E-state index contributed by atoms with van der Waals surface area (Å²) in [5, 5.41) is 14.4. The van der Waals surface area contributed by atoms with E-state index < -0.39 is 0 Å². The van der Waals surface area contributed by atoms with Gasteiger partial charge >= 0.3 is 0 Å². The van der Waals surface area contributed by atoms with Crippen LogP contribution < -0.4 is 10.6 Å². The van der Waals surface area contributed by atoms with Crippen LogP contribution in [0.15, 0.2) is 66.1 Å². The number of amides is 2. The fraction of sp³-hybridized carbons (Fsp3) is 0.333. The molecule has 2 amide bonds. The number of benzene rings is 2. The van der Waals surface area contributed by atoms with Crippen LogP contribution in [-0.4, -0.2) is 70.1 Å². The van der Waals surface area contributed by atoms with Crippen molar-refractivity contribution < 1.29 is 14.3 Å². The van der Waals surface area contributed by atoms with E-state index in [0.717, 1.165) is 25.2 Å². The van der Waals surface area contributed by atoms with Gasteiger partial charge in [-0.05, 0) is 29.8 Å². The van der Waals surface area contributed by atoms with Crippen LogP contribution in [0.4, 0.5) is 5.69 Å². The Kier molecular flexibility index (Phi) is 8.29. The minimum atomic E-state index is -0.155. The molecule has 10 heteroatoms. The molecule has 0 bridgehead atoms. The minimum absolute atomic E-state index is 0.135. The van der Waals surface area contributed by atoms with E-state index in [0.29, 0.717) is 29.6 Å². The average molecular weight is 481 g/mol. The van der Waals surface area contributed by atoms with Gasteiger partial charge < -0.3 is 19.9 Å². The Labute approximate surface area is 202 Å². The molecule has 0 aliphatic carbocycles. The van der Waals surface area contributed by atoms with Crippen molar-refractivity contribution in [1.29, 1.82) is 0 Å². The summed E-state index contributed by atoms with van der Waals surface area (Å²) in [7, 11) is 1.83. The SMILES string of the molecule is Cn1cnnc1SCC(=O)Nc1ccc(C(=O)N[C@@H](CN2CCOCC2)c2ccccc2)cc1. The highest BCUT2D eigenvalue weighted by Gasteiger charge is 2.21. The maximum Gasteiger partial charge on any atom is 0.251 e. The predicted octanol–water partition coefficient (Wildman–Crippen LogP) is 2.35. The Morgan fingerprint density at radius 1 is 1.09 bits per heavy atom. The maximum atomic E-state index is 13.0. The normalized spacial score (nSPS) is 15.0. The van der Waals surface area contributed by atoms with Crippen LogP contribution in [-0.2, 0) is 16.6 Å². The first-order valence-corrected chi connectivity index (χ1v) is 12.1. The summed E-state index contributed by atoms with van der Waals surface area (Å²) >= 11 is 1.31. The van der Waals surface area contributed by atoms with Crippen LogP contribution in [0.25, 0.3) is 0 Å². The number of carbonyl (C=O) groups excluding carboxylic acids is 2. The molecule has 3 aromatic rings. The summed E-state index contributed by atoms with van der Waals surface area (Å²) in [6, 6.07) is 16.8. The van der Waals surface area contributed by atoms with Gasteiger partial charge in [0, 0.05) is 37.9 Å². The van der Waals surface area contributed by atoms with Crippen molar-refractivity contribution in [2.24, 2.45) is 7.05 Å². The number of aryl methyl sites for hydroxylation is 1. The molecule has 1 saturated heterocycles. The van der Waals surface area contributed by atoms with Gasteiger partial charge in [0.25, 0.3) is 5.91 Å². The number of nitrogens with one attached hydrogen (secondary N) is 2. The summed E-state index contributed by atoms with van der Waals surface area (Å²) < 4.78 is 7.21. The van der Waals surface area contributed by atoms with E-state index in [1.54, 1.807) is 35.2 Å². The molecule has 2 N–H and O–H groups in total. The topological polar surface area (TPSA) is 101 Å². The third-order valence-corrected chi connectivity index (χ3v) is 6.52. The smallest absolute Gasteiger partial charge is 0.251 e. The van der Waals surface area contributed by atoms with Crippen molar-refractivity contribution in [2.45, 2.75) is 11.2 Å². The Balaban J connectivity index is 1.34. The van der Waals surface area contributed by atoms with Gasteiger partial charge in [0.2, 0.25) is 5.91 Å². The number of morpholine rings is 1. The Morgan fingerprint density at radius 2 is 1.82 bits per heavy atom. The number of aromatic nitrogens is 3. The zero-order valence-electron chi connectivity index (χ0n) is 19.0. The van der Waals surface area contributed by atoms with E-state index in [9.17, 15) is 9.59 Å². The van der Waals surface area contributed by atoms with Crippen LogP contribution in [0.1, 0.15) is 22.0 Å². The van der Waals surface area contributed by atoms with E-state index in [4.69, 9.17) is 4.74 Å². The monoisotopic (exact) mass is 480 g/mol. The van der Waals surface area contributed by atoms with Gasteiger partial charge in [0.15, 0.2) is 5.16 Å². The molecule has 4 rings (SSSR count). The van der Waals surface area contributed by atoms with Gasteiger partial charge in [-0.15, -0.1) is 10.2 Å². The second-order valence-corrected chi connectivity index (χ2v) is 8.93. The van der Waals surface area contributed by atoms with Crippen LogP contribution in [0.3, 0.4) is 0 Å². The molecule has 1 aromatic heterocycles. The largest absolute Gasteiger partial charge is 0.379 e. The average Bonchev–Trinajstić information content (AvgIpc) is 3.28. The Hall–Kier alpha value is -3.21. The number of rotatable bonds is 9. The number of hydrogen-bond donors (Lipinski definition) is 2. The zero-order valence-corrected chi connectivity index (χ0v) is 19.8. The molecule has 1 atom stereocenters. The van der Waals surface area contributed by atoms with Crippen molar-refractivity contribution >= 4 is 29.3 Å². The molecule has 1 aliphatic rings. The second kappa shape index (κ2) is 11.8. The van der Waals surface area contributed by atoms with Crippen LogP contribution in [0.5, 0.6) is 0 Å². The van der Waals surface area contributed by atoms with Gasteiger partial charge in [-0.3, -0.25) is 14.5 Å². The molecule has 2 heterocycles. The Bertz CT molecular complexity index is 1080.